The predicted molar refractivity (Wildman–Crippen MR) is 248 cm³/mol. The fourth-order valence-electron chi connectivity index (χ4n) is 9.65. The first-order chi connectivity index (χ1) is 31.1. The topological polar surface area (TPSA) is 245 Å². The third-order valence-electron chi connectivity index (χ3n) is 12.8. The van der Waals surface area contributed by atoms with E-state index in [4.69, 9.17) is 33.4 Å². The standard InChI is InChI=1S/2C21H33ClFN7O3/c2*1-21(2)12-29(3)8-9-30(21)17-15(23)16(25-19(22)26-17)27-28-18(31)14(11-24-20(32)33)10-13-6-4-5-7-13/h2*13-14,24H,4-12H2,1-3H3,(H,28,31)(H,32,33)(H,25,26,27)/t2*14-/m11/s1. The van der Waals surface area contributed by atoms with Gasteiger partial charge in [-0.3, -0.25) is 31.3 Å². The molecule has 4 fully saturated rings. The molecule has 0 spiro atoms. The zero-order valence-electron chi connectivity index (χ0n) is 38.7. The number of hydrogen-bond donors (Lipinski definition) is 8. The maximum absolute atomic E-state index is 15.4. The molecule has 2 saturated carbocycles. The highest BCUT2D eigenvalue weighted by Crippen LogP contribution is 2.35. The van der Waals surface area contributed by atoms with Crippen molar-refractivity contribution in [3.05, 3.63) is 22.2 Å². The number of nitrogens with zero attached hydrogens (tertiary/aromatic N) is 8. The summed E-state index contributed by atoms with van der Waals surface area (Å²) >= 11 is 12.2. The summed E-state index contributed by atoms with van der Waals surface area (Å²) < 4.78 is 30.7. The van der Waals surface area contributed by atoms with Crippen molar-refractivity contribution in [2.45, 2.75) is 103 Å². The number of carbonyl (C=O) groups excluding carboxylic acids is 2. The highest BCUT2D eigenvalue weighted by atomic mass is 35.5. The van der Waals surface area contributed by atoms with Crippen molar-refractivity contribution in [3.8, 4) is 0 Å². The van der Waals surface area contributed by atoms with Gasteiger partial charge in [0, 0.05) is 63.4 Å². The summed E-state index contributed by atoms with van der Waals surface area (Å²) in [4.78, 5) is 71.6. The molecule has 2 aromatic heterocycles. The van der Waals surface area contributed by atoms with Crippen LogP contribution in [0.4, 0.5) is 41.6 Å². The van der Waals surface area contributed by atoms with Crippen molar-refractivity contribution in [1.29, 1.82) is 0 Å². The molecular formula is C42H66Cl2F2N14O6. The Balaban J connectivity index is 0.000000247. The molecule has 0 aromatic carbocycles. The van der Waals surface area contributed by atoms with Gasteiger partial charge in [-0.15, -0.1) is 0 Å². The normalized spacial score (nSPS) is 19.8. The fraction of sp³-hybridized carbons (Fsp3) is 0.714. The SMILES string of the molecule is CN1CCN(c2nc(Cl)nc(NNC(=O)[C@@H](CNC(=O)O)CC3CCCC3)c2F)C(C)(C)C1.CN1CCN(c2nc(Cl)nc(NNC(=O)[C@@H](CNC(=O)O)CC3CCCC3)c2F)C(C)(C)C1. The maximum Gasteiger partial charge on any atom is 0.404 e. The highest BCUT2D eigenvalue weighted by molar-refractivity contribution is 6.28. The van der Waals surface area contributed by atoms with Crippen molar-refractivity contribution in [2.75, 3.05) is 87.1 Å². The number of anilines is 4. The Hall–Kier alpha value is -4.80. The van der Waals surface area contributed by atoms with Crippen LogP contribution in [-0.4, -0.2) is 141 Å². The Bertz CT molecular complexity index is 1870. The van der Waals surface area contributed by atoms with Crippen LogP contribution in [0.25, 0.3) is 0 Å². The van der Waals surface area contributed by atoms with E-state index in [9.17, 15) is 19.2 Å². The van der Waals surface area contributed by atoms with E-state index in [0.717, 1.165) is 64.5 Å². The number of carboxylic acid groups (broad SMARTS) is 2. The molecule has 8 N–H and O–H groups in total. The zero-order valence-corrected chi connectivity index (χ0v) is 40.2. The third-order valence-corrected chi connectivity index (χ3v) is 13.2. The van der Waals surface area contributed by atoms with Gasteiger partial charge in [-0.05, 0) is 89.7 Å². The van der Waals surface area contributed by atoms with Crippen LogP contribution >= 0.6 is 23.2 Å². The van der Waals surface area contributed by atoms with Crippen LogP contribution in [0.3, 0.4) is 0 Å². The molecule has 24 heteroatoms. The summed E-state index contributed by atoms with van der Waals surface area (Å²) in [5.74, 6) is -3.08. The Morgan fingerprint density at radius 2 is 0.985 bits per heavy atom. The minimum Gasteiger partial charge on any atom is -0.465 e. The molecule has 2 saturated heterocycles. The Morgan fingerprint density at radius 1 is 0.636 bits per heavy atom. The van der Waals surface area contributed by atoms with E-state index >= 15 is 8.78 Å². The van der Waals surface area contributed by atoms with Crippen molar-refractivity contribution in [3.63, 3.8) is 0 Å². The summed E-state index contributed by atoms with van der Waals surface area (Å²) in [5.41, 5.74) is 9.27. The van der Waals surface area contributed by atoms with Crippen LogP contribution in [0.2, 0.25) is 10.6 Å². The van der Waals surface area contributed by atoms with Crippen molar-refractivity contribution >= 4 is 70.5 Å². The summed E-state index contributed by atoms with van der Waals surface area (Å²) in [6.07, 6.45) is 7.24. The molecule has 20 nitrogen and oxygen atoms in total. The number of halogens is 4. The predicted octanol–water partition coefficient (Wildman–Crippen LogP) is 5.41. The molecule has 2 aromatic rings. The van der Waals surface area contributed by atoms with E-state index in [1.165, 1.54) is 0 Å². The van der Waals surface area contributed by atoms with Gasteiger partial charge in [0.2, 0.25) is 34.0 Å². The van der Waals surface area contributed by atoms with Crippen LogP contribution in [0.15, 0.2) is 0 Å². The second kappa shape index (κ2) is 23.3. The van der Waals surface area contributed by atoms with E-state index in [2.05, 4.69) is 62.1 Å². The molecule has 368 valence electrons. The summed E-state index contributed by atoms with van der Waals surface area (Å²) in [6, 6.07) is 0. The van der Waals surface area contributed by atoms with Gasteiger partial charge in [0.25, 0.3) is 0 Å². The average Bonchev–Trinajstić information content (AvgIpc) is 3.96. The quantitative estimate of drug-likeness (QED) is 0.0774. The summed E-state index contributed by atoms with van der Waals surface area (Å²) in [7, 11) is 4.01. The minimum atomic E-state index is -1.19. The number of piperazine rings is 2. The molecule has 66 heavy (non-hydrogen) atoms. The molecule has 2 aliphatic carbocycles. The molecule has 2 atom stereocenters. The van der Waals surface area contributed by atoms with Gasteiger partial charge >= 0.3 is 12.2 Å². The largest absolute Gasteiger partial charge is 0.465 e. The van der Waals surface area contributed by atoms with E-state index < -0.39 is 47.5 Å². The second-order valence-corrected chi connectivity index (χ2v) is 19.8. The van der Waals surface area contributed by atoms with Gasteiger partial charge < -0.3 is 40.4 Å². The van der Waals surface area contributed by atoms with Crippen LogP contribution < -0.4 is 42.1 Å². The van der Waals surface area contributed by atoms with Gasteiger partial charge in [0.1, 0.15) is 0 Å². The zero-order chi connectivity index (χ0) is 48.3. The summed E-state index contributed by atoms with van der Waals surface area (Å²) in [6.45, 7) is 12.0. The van der Waals surface area contributed by atoms with E-state index in [-0.39, 0.29) is 58.0 Å². The number of likely N-dealkylation sites (N-methyl/N-ethyl adjacent to an activating group) is 2. The summed E-state index contributed by atoms with van der Waals surface area (Å²) in [5, 5.41) is 22.2. The van der Waals surface area contributed by atoms with Crippen LogP contribution in [0.5, 0.6) is 0 Å². The molecule has 6 rings (SSSR count). The smallest absolute Gasteiger partial charge is 0.404 e. The van der Waals surface area contributed by atoms with Crippen molar-refractivity contribution < 1.29 is 38.2 Å². The van der Waals surface area contributed by atoms with Crippen LogP contribution in [0, 0.1) is 35.3 Å². The second-order valence-electron chi connectivity index (χ2n) is 19.1. The molecule has 0 bridgehead atoms. The van der Waals surface area contributed by atoms with E-state index in [1.54, 1.807) is 0 Å². The number of rotatable bonds is 16. The lowest BCUT2D eigenvalue weighted by atomic mass is 9.92. The first kappa shape index (κ1) is 52.2. The molecule has 0 unspecified atom stereocenters. The molecule has 4 amide bonds. The number of aromatic nitrogens is 4. The average molecular weight is 972 g/mol. The number of amides is 4. The fourth-order valence-corrected chi connectivity index (χ4v) is 9.98. The van der Waals surface area contributed by atoms with Gasteiger partial charge in [0.15, 0.2) is 23.3 Å². The lowest BCUT2D eigenvalue weighted by Gasteiger charge is -2.46. The molecule has 4 aliphatic rings. The molecule has 2 aliphatic heterocycles. The van der Waals surface area contributed by atoms with E-state index in [0.29, 0.717) is 50.9 Å². The van der Waals surface area contributed by atoms with E-state index in [1.807, 2.05) is 51.6 Å². The number of nitrogens with one attached hydrogen (secondary N) is 6. The third kappa shape index (κ3) is 14.6. The lowest BCUT2D eigenvalue weighted by molar-refractivity contribution is -0.125. The van der Waals surface area contributed by atoms with Gasteiger partial charge in [-0.2, -0.15) is 28.7 Å². The molecular weight excluding hydrogens is 905 g/mol. The van der Waals surface area contributed by atoms with Gasteiger partial charge in [-0.1, -0.05) is 51.4 Å². The van der Waals surface area contributed by atoms with Crippen LogP contribution in [-0.2, 0) is 9.59 Å². The Labute approximate surface area is 394 Å². The molecule has 0 radical (unpaired) electrons. The Morgan fingerprint density at radius 3 is 1.30 bits per heavy atom. The van der Waals surface area contributed by atoms with Crippen molar-refractivity contribution in [2.24, 2.45) is 23.7 Å². The number of carbonyl (C=O) groups is 4. The minimum absolute atomic E-state index is 0.0207. The molecule has 4 heterocycles. The van der Waals surface area contributed by atoms with Gasteiger partial charge in [0.05, 0.1) is 11.8 Å². The first-order valence-electron chi connectivity index (χ1n) is 22.6. The van der Waals surface area contributed by atoms with Gasteiger partial charge in [-0.25, -0.2) is 9.59 Å². The van der Waals surface area contributed by atoms with Crippen molar-refractivity contribution in [1.82, 2.24) is 51.2 Å². The van der Waals surface area contributed by atoms with Crippen LogP contribution in [0.1, 0.15) is 91.9 Å². The maximum atomic E-state index is 15.4. The lowest BCUT2D eigenvalue weighted by Crippen LogP contribution is -2.59. The number of hydrogen-bond acceptors (Lipinski definition) is 14. The Kier molecular flexibility index (Phi) is 18.4. The number of hydrazine groups is 2. The monoisotopic (exact) mass is 970 g/mol. The highest BCUT2D eigenvalue weighted by Gasteiger charge is 2.38. The first-order valence-corrected chi connectivity index (χ1v) is 23.3.